The first-order valence-electron chi connectivity index (χ1n) is 16.3. The van der Waals surface area contributed by atoms with E-state index >= 15 is 0 Å². The number of nitrogens with zero attached hydrogens (tertiary/aromatic N) is 2. The largest absolute Gasteiger partial charge is 0.455 e. The lowest BCUT2D eigenvalue weighted by atomic mass is 9.98. The van der Waals surface area contributed by atoms with E-state index in [-0.39, 0.29) is 0 Å². The van der Waals surface area contributed by atoms with Crippen LogP contribution in [-0.4, -0.2) is 9.55 Å². The lowest BCUT2D eigenvalue weighted by molar-refractivity contribution is 0.674. The molecule has 0 unspecified atom stereocenters. The van der Waals surface area contributed by atoms with E-state index in [1.54, 1.807) is 0 Å². The maximum Gasteiger partial charge on any atom is 0.145 e. The lowest BCUT2D eigenvalue weighted by Gasteiger charge is -2.11. The van der Waals surface area contributed by atoms with Crippen LogP contribution in [0.25, 0.3) is 93.8 Å². The minimum absolute atomic E-state index is 0.846. The summed E-state index contributed by atoms with van der Waals surface area (Å²) in [5, 5.41) is 6.89. The molecule has 0 N–H and O–H groups in total. The van der Waals surface area contributed by atoms with Crippen LogP contribution in [0.4, 0.5) is 0 Å². The van der Waals surface area contributed by atoms with Gasteiger partial charge in [0.05, 0.1) is 27.8 Å². The predicted molar refractivity (Wildman–Crippen MR) is 200 cm³/mol. The molecule has 3 nitrogen and oxygen atoms in total. The number of benzene rings is 7. The number of furan rings is 1. The van der Waals surface area contributed by atoms with Crippen molar-refractivity contribution in [2.24, 2.45) is 0 Å². The normalized spacial score (nSPS) is 11.8. The van der Waals surface area contributed by atoms with E-state index in [1.807, 2.05) is 0 Å². The second-order valence-electron chi connectivity index (χ2n) is 12.4. The third-order valence-electron chi connectivity index (χ3n) is 9.57. The number of para-hydroxylation sites is 3. The molecule has 3 heteroatoms. The van der Waals surface area contributed by atoms with Crippen LogP contribution < -0.4 is 0 Å². The summed E-state index contributed by atoms with van der Waals surface area (Å²) in [6.07, 6.45) is 0. The van der Waals surface area contributed by atoms with Crippen LogP contribution in [0.5, 0.6) is 0 Å². The van der Waals surface area contributed by atoms with Gasteiger partial charge in [0.1, 0.15) is 11.2 Å². The molecular weight excluding hydrogens is 585 g/mol. The molecule has 0 fully saturated rings. The van der Waals surface area contributed by atoms with Gasteiger partial charge in [0.15, 0.2) is 0 Å². The van der Waals surface area contributed by atoms with Crippen LogP contribution in [0.2, 0.25) is 0 Å². The summed E-state index contributed by atoms with van der Waals surface area (Å²) < 4.78 is 9.34. The lowest BCUT2D eigenvalue weighted by Crippen LogP contribution is -1.92. The monoisotopic (exact) mass is 612 g/mol. The smallest absolute Gasteiger partial charge is 0.145 e. The van der Waals surface area contributed by atoms with Crippen molar-refractivity contribution in [3.8, 4) is 39.3 Å². The molecule has 0 aliphatic rings. The van der Waals surface area contributed by atoms with Crippen LogP contribution >= 0.6 is 0 Å². The van der Waals surface area contributed by atoms with Crippen molar-refractivity contribution in [3.05, 3.63) is 170 Å². The van der Waals surface area contributed by atoms with Crippen molar-refractivity contribution in [2.75, 3.05) is 0 Å². The minimum atomic E-state index is 0.846. The Balaban J connectivity index is 1.24. The maximum absolute atomic E-state index is 7.00. The van der Waals surface area contributed by atoms with Gasteiger partial charge in [0.25, 0.3) is 0 Å². The van der Waals surface area contributed by atoms with Crippen molar-refractivity contribution < 1.29 is 4.42 Å². The Morgan fingerprint density at radius 1 is 0.417 bits per heavy atom. The highest BCUT2D eigenvalue weighted by atomic mass is 16.3. The second kappa shape index (κ2) is 10.5. The van der Waals surface area contributed by atoms with Gasteiger partial charge in [0, 0.05) is 33.0 Å². The Morgan fingerprint density at radius 3 is 2.00 bits per heavy atom. The summed E-state index contributed by atoms with van der Waals surface area (Å²) in [4.78, 5) is 5.32. The summed E-state index contributed by atoms with van der Waals surface area (Å²) in [7, 11) is 0. The fourth-order valence-corrected chi connectivity index (χ4v) is 7.33. The van der Waals surface area contributed by atoms with E-state index in [0.29, 0.717) is 0 Å². The highest BCUT2D eigenvalue weighted by molar-refractivity contribution is 6.24. The van der Waals surface area contributed by atoms with Crippen molar-refractivity contribution in [2.45, 2.75) is 0 Å². The molecule has 0 aliphatic heterocycles. The Bertz CT molecular complexity index is 2830. The number of aromatic nitrogens is 2. The molecule has 224 valence electrons. The van der Waals surface area contributed by atoms with E-state index in [9.17, 15) is 0 Å². The van der Waals surface area contributed by atoms with Gasteiger partial charge < -0.3 is 8.98 Å². The highest BCUT2D eigenvalue weighted by Crippen LogP contribution is 2.43. The first kappa shape index (κ1) is 26.7. The molecule has 0 spiro atoms. The van der Waals surface area contributed by atoms with Gasteiger partial charge in [-0.1, -0.05) is 115 Å². The van der Waals surface area contributed by atoms with Crippen LogP contribution in [0, 0.1) is 0 Å². The second-order valence-corrected chi connectivity index (χ2v) is 12.4. The first-order chi connectivity index (χ1) is 23.8. The van der Waals surface area contributed by atoms with Crippen molar-refractivity contribution in [1.29, 1.82) is 0 Å². The third kappa shape index (κ3) is 4.11. The minimum Gasteiger partial charge on any atom is -0.455 e. The van der Waals surface area contributed by atoms with Crippen LogP contribution in [0.3, 0.4) is 0 Å². The summed E-state index contributed by atoms with van der Waals surface area (Å²) in [5.41, 5.74) is 11.3. The Morgan fingerprint density at radius 2 is 1.12 bits per heavy atom. The molecule has 0 amide bonds. The number of fused-ring (bicyclic) bond motifs is 8. The summed E-state index contributed by atoms with van der Waals surface area (Å²) in [5.74, 6) is 0. The molecule has 0 aliphatic carbocycles. The van der Waals surface area contributed by atoms with Crippen molar-refractivity contribution in [1.82, 2.24) is 9.55 Å². The van der Waals surface area contributed by atoms with Gasteiger partial charge in [-0.15, -0.1) is 0 Å². The summed E-state index contributed by atoms with van der Waals surface area (Å²) in [6, 6.07) is 60.0. The van der Waals surface area contributed by atoms with E-state index in [1.165, 1.54) is 16.2 Å². The molecule has 10 aromatic rings. The summed E-state index contributed by atoms with van der Waals surface area (Å²) in [6.45, 7) is 0. The van der Waals surface area contributed by atoms with E-state index in [0.717, 1.165) is 77.7 Å². The standard InChI is InChI=1S/C45H28N2O/c1-3-12-29(13-4-1)33-27-39(32-23-22-30-14-7-8-15-31(30)26-32)46-40(28-33)37-20-11-19-35-36-24-25-42-43(45(36)48-44(35)37)38-18-9-10-21-41(38)47(42)34-16-5-2-6-17-34/h1-28H. The van der Waals surface area contributed by atoms with Crippen molar-refractivity contribution in [3.63, 3.8) is 0 Å². The zero-order valence-corrected chi connectivity index (χ0v) is 26.0. The van der Waals surface area contributed by atoms with Crippen LogP contribution in [-0.2, 0) is 0 Å². The first-order valence-corrected chi connectivity index (χ1v) is 16.3. The van der Waals surface area contributed by atoms with E-state index in [2.05, 4.69) is 174 Å². The Hall–Kier alpha value is -6.45. The molecule has 0 bridgehead atoms. The van der Waals surface area contributed by atoms with Gasteiger partial charge in [-0.05, 0) is 76.5 Å². The van der Waals surface area contributed by atoms with Crippen LogP contribution in [0.15, 0.2) is 174 Å². The molecule has 10 rings (SSSR count). The molecule has 0 saturated carbocycles. The molecule has 7 aromatic carbocycles. The predicted octanol–water partition coefficient (Wildman–Crippen LogP) is 12.2. The van der Waals surface area contributed by atoms with Gasteiger partial charge in [0.2, 0.25) is 0 Å². The fraction of sp³-hybridized carbons (Fsp3) is 0. The third-order valence-corrected chi connectivity index (χ3v) is 9.57. The van der Waals surface area contributed by atoms with Crippen molar-refractivity contribution >= 4 is 54.5 Å². The van der Waals surface area contributed by atoms with Crippen LogP contribution in [0.1, 0.15) is 0 Å². The molecule has 3 heterocycles. The van der Waals surface area contributed by atoms with Gasteiger partial charge >= 0.3 is 0 Å². The average Bonchev–Trinajstić information content (AvgIpc) is 3.71. The molecule has 0 saturated heterocycles. The molecule has 48 heavy (non-hydrogen) atoms. The summed E-state index contributed by atoms with van der Waals surface area (Å²) >= 11 is 0. The average molecular weight is 613 g/mol. The molecular formula is C45H28N2O. The van der Waals surface area contributed by atoms with Gasteiger partial charge in [-0.25, -0.2) is 4.98 Å². The zero-order chi connectivity index (χ0) is 31.6. The van der Waals surface area contributed by atoms with E-state index in [4.69, 9.17) is 9.40 Å². The number of hydrogen-bond donors (Lipinski definition) is 0. The SMILES string of the molecule is c1ccc(-c2cc(-c3ccc4ccccc4c3)nc(-c3cccc4c3oc3c4ccc4c3c3ccccc3n4-c3ccccc3)c2)cc1. The topological polar surface area (TPSA) is 31.0 Å². The Labute approximate surface area is 277 Å². The highest BCUT2D eigenvalue weighted by Gasteiger charge is 2.21. The maximum atomic E-state index is 7.00. The Kier molecular flexibility index (Phi) is 5.87. The fourth-order valence-electron chi connectivity index (χ4n) is 7.33. The quantitative estimate of drug-likeness (QED) is 0.198. The molecule has 0 radical (unpaired) electrons. The van der Waals surface area contributed by atoms with E-state index < -0.39 is 0 Å². The van der Waals surface area contributed by atoms with Gasteiger partial charge in [-0.3, -0.25) is 0 Å². The molecule has 0 atom stereocenters. The number of pyridine rings is 1. The molecule has 3 aromatic heterocycles. The zero-order valence-electron chi connectivity index (χ0n) is 26.0. The van der Waals surface area contributed by atoms with Gasteiger partial charge in [-0.2, -0.15) is 0 Å². The number of hydrogen-bond acceptors (Lipinski definition) is 2. The number of rotatable bonds is 4.